The summed E-state index contributed by atoms with van der Waals surface area (Å²) >= 11 is 0. The fourth-order valence-electron chi connectivity index (χ4n) is 1.34. The minimum absolute atomic E-state index is 0.422. The Morgan fingerprint density at radius 1 is 1.33 bits per heavy atom. The molecule has 0 aromatic heterocycles. The average molecular weight is 203 g/mol. The number of hydrogen-bond acceptors (Lipinski definition) is 5. The van der Waals surface area contributed by atoms with Gasteiger partial charge in [0.2, 0.25) is 0 Å². The van der Waals surface area contributed by atoms with Gasteiger partial charge in [-0.2, -0.15) is 0 Å². The van der Waals surface area contributed by atoms with Gasteiger partial charge in [-0.25, -0.2) is 20.0 Å². The first kappa shape index (κ1) is 9.92. The van der Waals surface area contributed by atoms with Crippen molar-refractivity contribution in [3.63, 3.8) is 0 Å². The highest BCUT2D eigenvalue weighted by molar-refractivity contribution is 6.50. The first-order valence-corrected chi connectivity index (χ1v) is 4.83. The van der Waals surface area contributed by atoms with E-state index in [9.17, 15) is 0 Å². The SMILES string of the molecule is CC(C)/C=C\C1(N)N=CN=C2N=CN=C21. The first-order valence-electron chi connectivity index (χ1n) is 4.83. The van der Waals surface area contributed by atoms with E-state index in [1.165, 1.54) is 12.7 Å². The van der Waals surface area contributed by atoms with E-state index in [2.05, 4.69) is 33.8 Å². The fourth-order valence-corrected chi connectivity index (χ4v) is 1.34. The van der Waals surface area contributed by atoms with Crippen LogP contribution in [0, 0.1) is 5.92 Å². The van der Waals surface area contributed by atoms with Crippen LogP contribution in [-0.4, -0.2) is 29.9 Å². The molecule has 0 spiro atoms. The number of hydrogen-bond donors (Lipinski definition) is 1. The van der Waals surface area contributed by atoms with E-state index < -0.39 is 5.66 Å². The Kier molecular flexibility index (Phi) is 2.32. The molecule has 0 bridgehead atoms. The Morgan fingerprint density at radius 3 is 2.87 bits per heavy atom. The zero-order valence-corrected chi connectivity index (χ0v) is 8.75. The highest BCUT2D eigenvalue weighted by Gasteiger charge is 2.35. The molecule has 0 aromatic rings. The summed E-state index contributed by atoms with van der Waals surface area (Å²) in [5.41, 5.74) is 5.82. The second-order valence-corrected chi connectivity index (χ2v) is 3.85. The van der Waals surface area contributed by atoms with Crippen LogP contribution in [0.15, 0.2) is 32.1 Å². The van der Waals surface area contributed by atoms with Gasteiger partial charge < -0.3 is 0 Å². The van der Waals surface area contributed by atoms with E-state index in [1.54, 1.807) is 0 Å². The summed E-state index contributed by atoms with van der Waals surface area (Å²) < 4.78 is 0. The molecule has 2 rings (SSSR count). The van der Waals surface area contributed by atoms with Crippen LogP contribution in [0.4, 0.5) is 0 Å². The van der Waals surface area contributed by atoms with Gasteiger partial charge in [-0.05, 0) is 12.0 Å². The van der Waals surface area contributed by atoms with Gasteiger partial charge in [-0.1, -0.05) is 19.9 Å². The topological polar surface area (TPSA) is 75.5 Å². The third kappa shape index (κ3) is 1.78. The number of rotatable bonds is 2. The molecule has 78 valence electrons. The van der Waals surface area contributed by atoms with Gasteiger partial charge in [-0.3, -0.25) is 5.73 Å². The van der Waals surface area contributed by atoms with Crippen LogP contribution < -0.4 is 5.73 Å². The zero-order chi connectivity index (χ0) is 10.9. The lowest BCUT2D eigenvalue weighted by molar-refractivity contribution is 0.728. The van der Waals surface area contributed by atoms with Crippen molar-refractivity contribution >= 4 is 24.2 Å². The van der Waals surface area contributed by atoms with E-state index in [1.807, 2.05) is 12.2 Å². The van der Waals surface area contributed by atoms with E-state index in [4.69, 9.17) is 5.73 Å². The minimum Gasteiger partial charge on any atom is -0.299 e. The van der Waals surface area contributed by atoms with Gasteiger partial charge in [0, 0.05) is 0 Å². The van der Waals surface area contributed by atoms with Crippen LogP contribution in [0.5, 0.6) is 0 Å². The molecule has 15 heavy (non-hydrogen) atoms. The molecule has 0 aromatic carbocycles. The predicted molar refractivity (Wildman–Crippen MR) is 62.8 cm³/mol. The summed E-state index contributed by atoms with van der Waals surface area (Å²) in [7, 11) is 0. The molecule has 2 aliphatic rings. The summed E-state index contributed by atoms with van der Waals surface area (Å²) in [6.07, 6.45) is 6.73. The monoisotopic (exact) mass is 203 g/mol. The highest BCUT2D eigenvalue weighted by atomic mass is 15.2. The van der Waals surface area contributed by atoms with Crippen LogP contribution in [-0.2, 0) is 0 Å². The van der Waals surface area contributed by atoms with Gasteiger partial charge >= 0.3 is 0 Å². The van der Waals surface area contributed by atoms with Gasteiger partial charge in [0.1, 0.15) is 18.4 Å². The second-order valence-electron chi connectivity index (χ2n) is 3.85. The van der Waals surface area contributed by atoms with Crippen LogP contribution in [0.3, 0.4) is 0 Å². The Labute approximate surface area is 88.2 Å². The third-order valence-electron chi connectivity index (χ3n) is 2.14. The highest BCUT2D eigenvalue weighted by Crippen LogP contribution is 2.17. The van der Waals surface area contributed by atoms with Crippen LogP contribution in [0.2, 0.25) is 0 Å². The molecule has 2 aliphatic heterocycles. The smallest absolute Gasteiger partial charge is 0.181 e. The number of nitrogens with two attached hydrogens (primary N) is 1. The second kappa shape index (κ2) is 3.51. The molecule has 5 nitrogen and oxygen atoms in total. The molecule has 5 heteroatoms. The van der Waals surface area contributed by atoms with Gasteiger partial charge in [-0.15, -0.1) is 0 Å². The molecule has 0 aliphatic carbocycles. The Morgan fingerprint density at radius 2 is 2.13 bits per heavy atom. The van der Waals surface area contributed by atoms with E-state index in [0.717, 1.165) is 0 Å². The summed E-state index contributed by atoms with van der Waals surface area (Å²) in [6, 6.07) is 0. The van der Waals surface area contributed by atoms with Crippen molar-refractivity contribution in [3.8, 4) is 0 Å². The summed E-state index contributed by atoms with van der Waals surface area (Å²) in [5, 5.41) is 0. The minimum atomic E-state index is -0.905. The maximum atomic E-state index is 6.12. The van der Waals surface area contributed by atoms with Gasteiger partial charge in [0.25, 0.3) is 0 Å². The summed E-state index contributed by atoms with van der Waals surface area (Å²) in [4.78, 5) is 16.2. The Hall–Kier alpha value is -1.62. The molecular weight excluding hydrogens is 190 g/mol. The number of allylic oxidation sites excluding steroid dienone is 1. The molecule has 0 fully saturated rings. The van der Waals surface area contributed by atoms with Crippen molar-refractivity contribution in [2.45, 2.75) is 19.5 Å². The van der Waals surface area contributed by atoms with Crippen molar-refractivity contribution in [2.24, 2.45) is 31.6 Å². The van der Waals surface area contributed by atoms with E-state index in [-0.39, 0.29) is 0 Å². The molecule has 2 N–H and O–H groups in total. The lowest BCUT2D eigenvalue weighted by atomic mass is 10.0. The number of fused-ring (bicyclic) bond motifs is 1. The summed E-state index contributed by atoms with van der Waals surface area (Å²) in [5.74, 6) is 0.978. The molecule has 0 radical (unpaired) electrons. The van der Waals surface area contributed by atoms with Gasteiger partial charge in [0.05, 0.1) is 0 Å². The standard InChI is InChI=1S/C10H13N5/c1-7(2)3-4-10(11)8-9(13-5-12-8)14-6-15-10/h3-7H,11H2,1-2H3/b4-3-. The normalized spacial score (nSPS) is 28.5. The average Bonchev–Trinajstić information content (AvgIpc) is 2.65. The lowest BCUT2D eigenvalue weighted by Crippen LogP contribution is -2.48. The molecular formula is C10H13N5. The van der Waals surface area contributed by atoms with E-state index >= 15 is 0 Å². The Balaban J connectivity index is 2.31. The number of amidine groups is 1. The van der Waals surface area contributed by atoms with Crippen LogP contribution in [0.1, 0.15) is 13.8 Å². The molecule has 2 heterocycles. The molecule has 0 saturated carbocycles. The quantitative estimate of drug-likeness (QED) is 0.661. The molecule has 1 unspecified atom stereocenters. The molecule has 0 saturated heterocycles. The van der Waals surface area contributed by atoms with Crippen molar-refractivity contribution in [2.75, 3.05) is 0 Å². The first-order chi connectivity index (χ1) is 7.12. The Bertz CT molecular complexity index is 414. The largest absolute Gasteiger partial charge is 0.299 e. The molecule has 1 atom stereocenters. The summed E-state index contributed by atoms with van der Waals surface area (Å²) in [6.45, 7) is 4.16. The number of nitrogens with zero attached hydrogens (tertiary/aromatic N) is 4. The zero-order valence-electron chi connectivity index (χ0n) is 8.75. The maximum Gasteiger partial charge on any atom is 0.181 e. The molecule has 0 amide bonds. The van der Waals surface area contributed by atoms with Crippen molar-refractivity contribution in [3.05, 3.63) is 12.2 Å². The van der Waals surface area contributed by atoms with Crippen LogP contribution >= 0.6 is 0 Å². The third-order valence-corrected chi connectivity index (χ3v) is 2.14. The predicted octanol–water partition coefficient (Wildman–Crippen LogP) is 0.777. The van der Waals surface area contributed by atoms with E-state index in [0.29, 0.717) is 17.5 Å². The van der Waals surface area contributed by atoms with Crippen molar-refractivity contribution in [1.29, 1.82) is 0 Å². The van der Waals surface area contributed by atoms with Gasteiger partial charge in [0.15, 0.2) is 11.5 Å². The maximum absolute atomic E-state index is 6.12. The number of aliphatic imine (C=N–C) groups is 4. The fraction of sp³-hybridized carbons (Fsp3) is 0.400. The van der Waals surface area contributed by atoms with Crippen LogP contribution in [0.25, 0.3) is 0 Å². The van der Waals surface area contributed by atoms with Crippen molar-refractivity contribution < 1.29 is 0 Å². The van der Waals surface area contributed by atoms with Crippen molar-refractivity contribution in [1.82, 2.24) is 0 Å². The lowest BCUT2D eigenvalue weighted by Gasteiger charge is -2.23.